The summed E-state index contributed by atoms with van der Waals surface area (Å²) in [5.74, 6) is -0.291. The van der Waals surface area contributed by atoms with Crippen LogP contribution in [0.5, 0.6) is 0 Å². The van der Waals surface area contributed by atoms with Crippen LogP contribution in [0.3, 0.4) is 0 Å². The third-order valence-electron chi connectivity index (χ3n) is 5.19. The molecular formula is C26H25N5O3. The maximum absolute atomic E-state index is 13.0. The fourth-order valence-electron chi connectivity index (χ4n) is 3.39. The van der Waals surface area contributed by atoms with Crippen LogP contribution in [0, 0.1) is 0 Å². The fourth-order valence-corrected chi connectivity index (χ4v) is 3.39. The fraction of sp³-hybridized carbons (Fsp3) is 0.154. The van der Waals surface area contributed by atoms with Crippen molar-refractivity contribution in [3.63, 3.8) is 0 Å². The van der Waals surface area contributed by atoms with E-state index >= 15 is 0 Å². The molecule has 8 heteroatoms. The zero-order chi connectivity index (χ0) is 23.6. The molecule has 1 aromatic heterocycles. The number of aromatic nitrogens is 3. The van der Waals surface area contributed by atoms with E-state index in [2.05, 4.69) is 20.7 Å². The first-order valence-electron chi connectivity index (χ1n) is 10.9. The Morgan fingerprint density at radius 1 is 0.853 bits per heavy atom. The number of carbonyl (C=O) groups is 2. The zero-order valence-electron chi connectivity index (χ0n) is 18.5. The van der Waals surface area contributed by atoms with E-state index in [1.165, 1.54) is 6.33 Å². The van der Waals surface area contributed by atoms with Crippen molar-refractivity contribution in [2.45, 2.75) is 25.6 Å². The average molecular weight is 456 g/mol. The highest BCUT2D eigenvalue weighted by Gasteiger charge is 2.22. The van der Waals surface area contributed by atoms with Crippen LogP contribution in [-0.4, -0.2) is 32.8 Å². The summed E-state index contributed by atoms with van der Waals surface area (Å²) in [5, 5.41) is 9.72. The number of carbonyl (C=O) groups excluding carboxylic acids is 2. The highest BCUT2D eigenvalue weighted by Crippen LogP contribution is 2.09. The Morgan fingerprint density at radius 3 is 2.18 bits per heavy atom. The molecule has 172 valence electrons. The second-order valence-electron chi connectivity index (χ2n) is 7.67. The molecule has 1 heterocycles. The van der Waals surface area contributed by atoms with Gasteiger partial charge in [-0.25, -0.2) is 14.5 Å². The number of ether oxygens (including phenoxy) is 1. The standard InChI is InChI=1S/C26H25N5O3/c32-25(28-16-21-11-13-23(14-12-21)31-19-27-18-29-31)24(15-20-7-3-1-4-8-20)30-26(33)34-17-22-9-5-2-6-10-22/h1-14,18-19,24H,15-17H2,(H,28,32)(H,30,33)/t24-/m0/s1. The summed E-state index contributed by atoms with van der Waals surface area (Å²) in [5.41, 5.74) is 3.60. The quantitative estimate of drug-likeness (QED) is 0.403. The largest absolute Gasteiger partial charge is 0.445 e. The number of amides is 2. The van der Waals surface area contributed by atoms with Crippen LogP contribution in [0.2, 0.25) is 0 Å². The van der Waals surface area contributed by atoms with Gasteiger partial charge < -0.3 is 15.4 Å². The summed E-state index contributed by atoms with van der Waals surface area (Å²) in [6, 6.07) is 25.8. The van der Waals surface area contributed by atoms with Crippen LogP contribution in [0.1, 0.15) is 16.7 Å². The molecule has 0 spiro atoms. The first kappa shape index (κ1) is 22.7. The topological polar surface area (TPSA) is 98.1 Å². The highest BCUT2D eigenvalue weighted by atomic mass is 16.5. The SMILES string of the molecule is O=C(N[C@@H](Cc1ccccc1)C(=O)NCc1ccc(-n2cncn2)cc1)OCc1ccccc1. The van der Waals surface area contributed by atoms with E-state index in [4.69, 9.17) is 4.74 Å². The van der Waals surface area contributed by atoms with Gasteiger partial charge in [-0.05, 0) is 28.8 Å². The van der Waals surface area contributed by atoms with Gasteiger partial charge in [-0.15, -0.1) is 0 Å². The molecule has 4 rings (SSSR count). The monoisotopic (exact) mass is 455 g/mol. The molecule has 0 fully saturated rings. The molecule has 0 saturated heterocycles. The summed E-state index contributed by atoms with van der Waals surface area (Å²) in [4.78, 5) is 29.3. The second kappa shape index (κ2) is 11.4. The van der Waals surface area contributed by atoms with Gasteiger partial charge in [0.15, 0.2) is 0 Å². The summed E-state index contributed by atoms with van der Waals surface area (Å²) in [7, 11) is 0. The number of alkyl carbamates (subject to hydrolysis) is 1. The lowest BCUT2D eigenvalue weighted by atomic mass is 10.1. The number of rotatable bonds is 9. The summed E-state index contributed by atoms with van der Waals surface area (Å²) < 4.78 is 6.97. The maximum atomic E-state index is 13.0. The third-order valence-corrected chi connectivity index (χ3v) is 5.19. The van der Waals surface area contributed by atoms with Crippen molar-refractivity contribution < 1.29 is 14.3 Å². The normalized spacial score (nSPS) is 11.4. The van der Waals surface area contributed by atoms with E-state index in [1.54, 1.807) is 11.0 Å². The Bertz CT molecular complexity index is 1180. The van der Waals surface area contributed by atoms with Crippen molar-refractivity contribution in [3.8, 4) is 5.69 Å². The van der Waals surface area contributed by atoms with Crippen molar-refractivity contribution in [1.29, 1.82) is 0 Å². The van der Waals surface area contributed by atoms with Crippen molar-refractivity contribution in [2.24, 2.45) is 0 Å². The van der Waals surface area contributed by atoms with Crippen LogP contribution in [0.25, 0.3) is 5.69 Å². The Hall–Kier alpha value is -4.46. The van der Waals surface area contributed by atoms with Crippen molar-refractivity contribution in [2.75, 3.05) is 0 Å². The number of nitrogens with one attached hydrogen (secondary N) is 2. The van der Waals surface area contributed by atoms with Gasteiger partial charge in [0.1, 0.15) is 25.3 Å². The molecule has 2 amide bonds. The molecule has 0 saturated carbocycles. The van der Waals surface area contributed by atoms with Gasteiger partial charge >= 0.3 is 6.09 Å². The van der Waals surface area contributed by atoms with E-state index < -0.39 is 12.1 Å². The molecule has 0 aliphatic rings. The van der Waals surface area contributed by atoms with Crippen LogP contribution >= 0.6 is 0 Å². The van der Waals surface area contributed by atoms with Gasteiger partial charge in [-0.1, -0.05) is 72.8 Å². The maximum Gasteiger partial charge on any atom is 0.408 e. The number of nitrogens with zero attached hydrogens (tertiary/aromatic N) is 3. The molecule has 4 aromatic rings. The minimum absolute atomic E-state index is 0.129. The molecule has 1 atom stereocenters. The van der Waals surface area contributed by atoms with Gasteiger partial charge in [0, 0.05) is 13.0 Å². The Balaban J connectivity index is 1.36. The van der Waals surface area contributed by atoms with Gasteiger partial charge in [-0.3, -0.25) is 4.79 Å². The van der Waals surface area contributed by atoms with Gasteiger partial charge in [0.05, 0.1) is 5.69 Å². The molecule has 0 aliphatic heterocycles. The Morgan fingerprint density at radius 2 is 1.53 bits per heavy atom. The van der Waals surface area contributed by atoms with Crippen molar-refractivity contribution >= 4 is 12.0 Å². The molecule has 0 unspecified atom stereocenters. The lowest BCUT2D eigenvalue weighted by Crippen LogP contribution is -2.48. The minimum Gasteiger partial charge on any atom is -0.445 e. The summed E-state index contributed by atoms with van der Waals surface area (Å²) in [6.45, 7) is 0.451. The third kappa shape index (κ3) is 6.52. The molecule has 0 aliphatic carbocycles. The van der Waals surface area contributed by atoms with Crippen LogP contribution in [0.4, 0.5) is 4.79 Å². The zero-order valence-corrected chi connectivity index (χ0v) is 18.5. The van der Waals surface area contributed by atoms with E-state index in [1.807, 2.05) is 84.9 Å². The molecular weight excluding hydrogens is 430 g/mol. The molecule has 8 nitrogen and oxygen atoms in total. The lowest BCUT2D eigenvalue weighted by molar-refractivity contribution is -0.123. The van der Waals surface area contributed by atoms with E-state index in [9.17, 15) is 9.59 Å². The first-order valence-corrected chi connectivity index (χ1v) is 10.9. The van der Waals surface area contributed by atoms with Gasteiger partial charge in [0.25, 0.3) is 0 Å². The predicted molar refractivity (Wildman–Crippen MR) is 127 cm³/mol. The van der Waals surface area contributed by atoms with Crippen LogP contribution in [0.15, 0.2) is 97.6 Å². The van der Waals surface area contributed by atoms with Crippen molar-refractivity contribution in [3.05, 3.63) is 114 Å². The number of hydrogen-bond acceptors (Lipinski definition) is 5. The molecule has 34 heavy (non-hydrogen) atoms. The van der Waals surface area contributed by atoms with Gasteiger partial charge in [0.2, 0.25) is 5.91 Å². The van der Waals surface area contributed by atoms with E-state index in [0.717, 1.165) is 22.4 Å². The number of hydrogen-bond donors (Lipinski definition) is 2. The van der Waals surface area contributed by atoms with E-state index in [-0.39, 0.29) is 12.5 Å². The van der Waals surface area contributed by atoms with Crippen LogP contribution < -0.4 is 10.6 Å². The van der Waals surface area contributed by atoms with E-state index in [0.29, 0.717) is 13.0 Å². The molecule has 0 bridgehead atoms. The Labute approximate surface area is 197 Å². The second-order valence-corrected chi connectivity index (χ2v) is 7.67. The number of benzene rings is 3. The highest BCUT2D eigenvalue weighted by molar-refractivity contribution is 5.85. The first-order chi connectivity index (χ1) is 16.7. The average Bonchev–Trinajstić information content (AvgIpc) is 3.42. The van der Waals surface area contributed by atoms with Crippen molar-refractivity contribution in [1.82, 2.24) is 25.4 Å². The summed E-state index contributed by atoms with van der Waals surface area (Å²) in [6.07, 6.45) is 2.79. The minimum atomic E-state index is -0.778. The predicted octanol–water partition coefficient (Wildman–Crippen LogP) is 3.42. The molecule has 3 aromatic carbocycles. The Kier molecular flexibility index (Phi) is 7.63. The van der Waals surface area contributed by atoms with Crippen LogP contribution in [-0.2, 0) is 29.1 Å². The molecule has 0 radical (unpaired) electrons. The lowest BCUT2D eigenvalue weighted by Gasteiger charge is -2.19. The molecule has 2 N–H and O–H groups in total. The summed E-state index contributed by atoms with van der Waals surface area (Å²) >= 11 is 0. The smallest absolute Gasteiger partial charge is 0.408 e. The van der Waals surface area contributed by atoms with Gasteiger partial charge in [-0.2, -0.15) is 5.10 Å².